The molecule has 1 N–H and O–H groups in total. The molecule has 30 heavy (non-hydrogen) atoms. The summed E-state index contributed by atoms with van der Waals surface area (Å²) in [5, 5.41) is 11.5. The molecule has 0 fully saturated rings. The Morgan fingerprint density at radius 2 is 1.60 bits per heavy atom. The highest BCUT2D eigenvalue weighted by Gasteiger charge is 2.20. The minimum absolute atomic E-state index is 0.171. The molecule has 0 saturated carbocycles. The average molecular weight is 412 g/mol. The molecule has 0 heterocycles. The lowest BCUT2D eigenvalue weighted by molar-refractivity contribution is -0.119. The number of nitriles is 1. The van der Waals surface area contributed by atoms with E-state index in [2.05, 4.69) is 5.32 Å². The second kappa shape index (κ2) is 11.3. The number of esters is 1. The van der Waals surface area contributed by atoms with Gasteiger partial charge in [-0.3, -0.25) is 4.79 Å². The van der Waals surface area contributed by atoms with Crippen molar-refractivity contribution < 1.29 is 28.5 Å². The molecule has 0 aliphatic heterocycles. The third-order valence-electron chi connectivity index (χ3n) is 3.75. The first-order valence-corrected chi connectivity index (χ1v) is 9.55. The van der Waals surface area contributed by atoms with Crippen LogP contribution in [0.4, 0.5) is 5.69 Å². The zero-order valence-corrected chi connectivity index (χ0v) is 17.2. The topological polar surface area (TPSA) is 107 Å². The van der Waals surface area contributed by atoms with Gasteiger partial charge in [0.1, 0.15) is 0 Å². The van der Waals surface area contributed by atoms with Gasteiger partial charge in [0.05, 0.1) is 37.0 Å². The van der Waals surface area contributed by atoms with Crippen LogP contribution in [-0.2, 0) is 9.53 Å². The van der Waals surface area contributed by atoms with E-state index in [9.17, 15) is 9.59 Å². The molecule has 8 heteroatoms. The van der Waals surface area contributed by atoms with Gasteiger partial charge in [-0.25, -0.2) is 4.79 Å². The van der Waals surface area contributed by atoms with Crippen LogP contribution in [0.1, 0.15) is 36.7 Å². The van der Waals surface area contributed by atoms with Gasteiger partial charge < -0.3 is 24.3 Å². The summed E-state index contributed by atoms with van der Waals surface area (Å²) in [6, 6.07) is 11.4. The van der Waals surface area contributed by atoms with Crippen molar-refractivity contribution in [3.05, 3.63) is 47.5 Å². The van der Waals surface area contributed by atoms with Crippen LogP contribution < -0.4 is 19.5 Å². The Balaban J connectivity index is 2.11. The number of hydrogen-bond donors (Lipinski definition) is 1. The van der Waals surface area contributed by atoms with Gasteiger partial charge in [-0.05, 0) is 51.1 Å². The van der Waals surface area contributed by atoms with Crippen LogP contribution in [0.15, 0.2) is 36.4 Å². The third kappa shape index (κ3) is 6.14. The minimum atomic E-state index is -0.708. The van der Waals surface area contributed by atoms with Crippen LogP contribution in [0.2, 0.25) is 0 Å². The third-order valence-corrected chi connectivity index (χ3v) is 3.75. The number of amides is 1. The molecule has 0 bridgehead atoms. The van der Waals surface area contributed by atoms with E-state index >= 15 is 0 Å². The fraction of sp³-hybridized carbons (Fsp3) is 0.318. The number of hydrogen-bond acceptors (Lipinski definition) is 7. The predicted molar refractivity (Wildman–Crippen MR) is 110 cm³/mol. The number of carbonyl (C=O) groups excluding carboxylic acids is 2. The van der Waals surface area contributed by atoms with Gasteiger partial charge in [0.15, 0.2) is 18.1 Å². The monoisotopic (exact) mass is 412 g/mol. The van der Waals surface area contributed by atoms with Crippen molar-refractivity contribution in [1.29, 1.82) is 5.26 Å². The van der Waals surface area contributed by atoms with Gasteiger partial charge in [0.25, 0.3) is 5.91 Å². The Morgan fingerprint density at radius 1 is 0.967 bits per heavy atom. The van der Waals surface area contributed by atoms with Crippen LogP contribution in [0.3, 0.4) is 0 Å². The number of anilines is 1. The first kappa shape index (κ1) is 22.6. The Morgan fingerprint density at radius 3 is 2.17 bits per heavy atom. The molecule has 2 aromatic rings. The Bertz CT molecular complexity index is 908. The summed E-state index contributed by atoms with van der Waals surface area (Å²) in [6.07, 6.45) is 0. The highest BCUT2D eigenvalue weighted by atomic mass is 16.5. The fourth-order valence-electron chi connectivity index (χ4n) is 2.58. The molecule has 0 aromatic heterocycles. The van der Waals surface area contributed by atoms with E-state index in [1.165, 1.54) is 18.2 Å². The summed E-state index contributed by atoms with van der Waals surface area (Å²) in [6.45, 7) is 6.11. The highest BCUT2D eigenvalue weighted by molar-refractivity contribution is 5.96. The molecule has 158 valence electrons. The zero-order valence-electron chi connectivity index (χ0n) is 17.2. The number of nitrogens with zero attached hydrogens (tertiary/aromatic N) is 1. The van der Waals surface area contributed by atoms with Crippen LogP contribution in [0, 0.1) is 11.3 Å². The van der Waals surface area contributed by atoms with E-state index < -0.39 is 18.5 Å². The first-order valence-electron chi connectivity index (χ1n) is 9.55. The largest absolute Gasteiger partial charge is 0.490 e. The van der Waals surface area contributed by atoms with E-state index in [0.29, 0.717) is 48.3 Å². The molecule has 1 amide bonds. The van der Waals surface area contributed by atoms with Crippen molar-refractivity contribution in [1.82, 2.24) is 0 Å². The molecule has 0 saturated heterocycles. The molecular formula is C22H24N2O6. The van der Waals surface area contributed by atoms with Gasteiger partial charge in [0.2, 0.25) is 5.75 Å². The molecule has 2 rings (SSSR count). The summed E-state index contributed by atoms with van der Waals surface area (Å²) in [5.74, 6) is -0.113. The van der Waals surface area contributed by atoms with Crippen LogP contribution in [0.25, 0.3) is 0 Å². The number of rotatable bonds is 10. The van der Waals surface area contributed by atoms with Crippen LogP contribution in [0.5, 0.6) is 17.2 Å². The maximum atomic E-state index is 12.5. The molecule has 0 atom stereocenters. The Kier molecular flexibility index (Phi) is 8.51. The molecule has 2 aromatic carbocycles. The molecule has 8 nitrogen and oxygen atoms in total. The fourth-order valence-corrected chi connectivity index (χ4v) is 2.58. The maximum absolute atomic E-state index is 12.5. The quantitative estimate of drug-likeness (QED) is 0.595. The van der Waals surface area contributed by atoms with Crippen LogP contribution in [-0.4, -0.2) is 38.3 Å². The lowest BCUT2D eigenvalue weighted by atomic mass is 10.2. The molecule has 0 radical (unpaired) electrons. The van der Waals surface area contributed by atoms with Gasteiger partial charge in [0, 0.05) is 5.69 Å². The van der Waals surface area contributed by atoms with Crippen molar-refractivity contribution in [2.75, 3.05) is 31.7 Å². The molecular weight excluding hydrogens is 388 g/mol. The lowest BCUT2D eigenvalue weighted by Gasteiger charge is -2.16. The summed E-state index contributed by atoms with van der Waals surface area (Å²) < 4.78 is 21.9. The van der Waals surface area contributed by atoms with Gasteiger partial charge in [-0.1, -0.05) is 6.07 Å². The highest BCUT2D eigenvalue weighted by Crippen LogP contribution is 2.39. The van der Waals surface area contributed by atoms with Crippen LogP contribution >= 0.6 is 0 Å². The van der Waals surface area contributed by atoms with E-state index in [1.54, 1.807) is 18.2 Å². The van der Waals surface area contributed by atoms with E-state index in [-0.39, 0.29) is 5.56 Å². The molecule has 0 unspecified atom stereocenters. The number of ether oxygens (including phenoxy) is 4. The van der Waals surface area contributed by atoms with Gasteiger partial charge in [-0.2, -0.15) is 5.26 Å². The van der Waals surface area contributed by atoms with Crippen molar-refractivity contribution in [3.8, 4) is 23.3 Å². The number of carbonyl (C=O) groups is 2. The second-order valence-corrected chi connectivity index (χ2v) is 5.92. The summed E-state index contributed by atoms with van der Waals surface area (Å²) >= 11 is 0. The number of benzene rings is 2. The molecule has 0 aliphatic carbocycles. The minimum Gasteiger partial charge on any atom is -0.490 e. The average Bonchev–Trinajstić information content (AvgIpc) is 2.74. The lowest BCUT2D eigenvalue weighted by Crippen LogP contribution is -2.21. The van der Waals surface area contributed by atoms with Crippen molar-refractivity contribution in [3.63, 3.8) is 0 Å². The molecule has 0 spiro atoms. The SMILES string of the molecule is CCOc1cc(C(=O)OCC(=O)Nc2cccc(C#N)c2)cc(OCC)c1OCC. The summed E-state index contributed by atoms with van der Waals surface area (Å²) in [4.78, 5) is 24.6. The Hall–Kier alpha value is -3.73. The normalized spacial score (nSPS) is 9.93. The maximum Gasteiger partial charge on any atom is 0.338 e. The summed E-state index contributed by atoms with van der Waals surface area (Å²) in [7, 11) is 0. The molecule has 0 aliphatic rings. The standard InChI is InChI=1S/C22H24N2O6/c1-4-27-18-11-16(12-19(28-5-2)21(18)29-6-3)22(26)30-14-20(25)24-17-9-7-8-15(10-17)13-23/h7-12H,4-6,14H2,1-3H3,(H,24,25). The Labute approximate surface area is 175 Å². The smallest absolute Gasteiger partial charge is 0.338 e. The predicted octanol–water partition coefficient (Wildman–Crippen LogP) is 3.55. The van der Waals surface area contributed by atoms with Crippen molar-refractivity contribution in [2.24, 2.45) is 0 Å². The van der Waals surface area contributed by atoms with Gasteiger partial charge in [-0.15, -0.1) is 0 Å². The van der Waals surface area contributed by atoms with Crippen molar-refractivity contribution >= 4 is 17.6 Å². The van der Waals surface area contributed by atoms with E-state index in [4.69, 9.17) is 24.2 Å². The number of nitrogens with one attached hydrogen (secondary N) is 1. The summed E-state index contributed by atoms with van der Waals surface area (Å²) in [5.41, 5.74) is 1.02. The second-order valence-electron chi connectivity index (χ2n) is 5.92. The van der Waals surface area contributed by atoms with E-state index in [0.717, 1.165) is 0 Å². The van der Waals surface area contributed by atoms with Crippen molar-refractivity contribution in [2.45, 2.75) is 20.8 Å². The first-order chi connectivity index (χ1) is 14.5. The van der Waals surface area contributed by atoms with Gasteiger partial charge >= 0.3 is 5.97 Å². The zero-order chi connectivity index (χ0) is 21.9. The van der Waals surface area contributed by atoms with E-state index in [1.807, 2.05) is 26.8 Å².